The molecule has 1 fully saturated rings. The average molecular weight is 402 g/mol. The second kappa shape index (κ2) is 14.6. The van der Waals surface area contributed by atoms with Gasteiger partial charge in [-0.25, -0.2) is 0 Å². The van der Waals surface area contributed by atoms with E-state index in [4.69, 9.17) is 4.74 Å². The van der Waals surface area contributed by atoms with Gasteiger partial charge in [-0.3, -0.25) is 4.79 Å². The highest BCUT2D eigenvalue weighted by Crippen LogP contribution is 2.31. The van der Waals surface area contributed by atoms with Gasteiger partial charge in [0.25, 0.3) is 0 Å². The van der Waals surface area contributed by atoms with E-state index < -0.39 is 0 Å². The molecule has 2 rings (SSSR count). The first-order chi connectivity index (χ1) is 14.3. The maximum Gasteiger partial charge on any atom is 0.226 e. The minimum Gasteiger partial charge on any atom is -0.370 e. The van der Waals surface area contributed by atoms with Crippen molar-refractivity contribution in [1.29, 1.82) is 0 Å². The minimum absolute atomic E-state index is 0.252. The Morgan fingerprint density at radius 3 is 1.93 bits per heavy atom. The number of nitrogens with zero attached hydrogens (tertiary/aromatic N) is 1. The zero-order valence-corrected chi connectivity index (χ0v) is 18.9. The summed E-state index contributed by atoms with van der Waals surface area (Å²) in [5, 5.41) is 0. The van der Waals surface area contributed by atoms with Gasteiger partial charge in [-0.2, -0.15) is 0 Å². The minimum atomic E-state index is 0.252. The predicted octanol–water partition coefficient (Wildman–Crippen LogP) is 7.29. The molecule has 164 valence electrons. The zero-order chi connectivity index (χ0) is 20.7. The number of anilines is 1. The van der Waals surface area contributed by atoms with Crippen LogP contribution < -0.4 is 4.90 Å². The third-order valence-corrected chi connectivity index (χ3v) is 6.09. The Morgan fingerprint density at radius 2 is 1.34 bits per heavy atom. The number of para-hydroxylation sites is 1. The Hall–Kier alpha value is -1.35. The van der Waals surface area contributed by atoms with E-state index >= 15 is 0 Å². The van der Waals surface area contributed by atoms with Crippen LogP contribution in [0.4, 0.5) is 5.69 Å². The molecule has 0 spiro atoms. The number of ether oxygens (including phenoxy) is 1. The Kier molecular flexibility index (Phi) is 12.0. The molecule has 0 radical (unpaired) electrons. The van der Waals surface area contributed by atoms with Crippen LogP contribution in [0.3, 0.4) is 0 Å². The van der Waals surface area contributed by atoms with Gasteiger partial charge in [0.1, 0.15) is 0 Å². The molecule has 0 N–H and O–H groups in total. The van der Waals surface area contributed by atoms with E-state index in [-0.39, 0.29) is 5.91 Å². The fraction of sp³-hybridized carbons (Fsp3) is 0.731. The largest absolute Gasteiger partial charge is 0.370 e. The summed E-state index contributed by atoms with van der Waals surface area (Å²) in [4.78, 5) is 14.4. The number of rotatable bonds is 17. The van der Waals surface area contributed by atoms with Crippen molar-refractivity contribution >= 4 is 11.6 Å². The van der Waals surface area contributed by atoms with Crippen LogP contribution in [0.15, 0.2) is 30.3 Å². The maximum absolute atomic E-state index is 12.5. The van der Waals surface area contributed by atoms with Gasteiger partial charge in [0.2, 0.25) is 5.91 Å². The quantitative estimate of drug-likeness (QED) is 0.203. The summed E-state index contributed by atoms with van der Waals surface area (Å²) in [6, 6.07) is 10.0. The molecule has 0 aromatic heterocycles. The molecule has 3 heteroatoms. The molecule has 1 aliphatic rings. The lowest BCUT2D eigenvalue weighted by Crippen LogP contribution is -2.30. The summed E-state index contributed by atoms with van der Waals surface area (Å²) in [7, 11) is 0. The Morgan fingerprint density at radius 1 is 0.793 bits per heavy atom. The molecule has 0 saturated carbocycles. The highest BCUT2D eigenvalue weighted by molar-refractivity contribution is 5.93. The Bertz CT molecular complexity index is 545. The zero-order valence-electron chi connectivity index (χ0n) is 18.9. The number of epoxide rings is 1. The lowest BCUT2D eigenvalue weighted by molar-refractivity contribution is -0.118. The van der Waals surface area contributed by atoms with E-state index in [1.807, 2.05) is 42.2 Å². The van der Waals surface area contributed by atoms with E-state index in [0.29, 0.717) is 18.6 Å². The Balaban J connectivity index is 1.41. The molecular weight excluding hydrogens is 358 g/mol. The maximum atomic E-state index is 12.5. The Labute approximate surface area is 179 Å². The molecule has 1 amide bonds. The molecule has 0 aliphatic carbocycles. The lowest BCUT2D eigenvalue weighted by atomic mass is 10.0. The van der Waals surface area contributed by atoms with E-state index in [0.717, 1.165) is 25.1 Å². The molecule has 3 nitrogen and oxygen atoms in total. The average Bonchev–Trinajstić information content (AvgIpc) is 3.49. The van der Waals surface area contributed by atoms with Crippen LogP contribution in [0.25, 0.3) is 0 Å². The number of hydrogen-bond acceptors (Lipinski definition) is 2. The molecule has 1 aromatic carbocycles. The van der Waals surface area contributed by atoms with Crippen molar-refractivity contribution in [2.24, 2.45) is 0 Å². The van der Waals surface area contributed by atoms with Crippen LogP contribution in [0.2, 0.25) is 0 Å². The first kappa shape index (κ1) is 23.9. The van der Waals surface area contributed by atoms with Gasteiger partial charge in [0, 0.05) is 18.7 Å². The molecule has 1 saturated heterocycles. The van der Waals surface area contributed by atoms with Crippen molar-refractivity contribution < 1.29 is 9.53 Å². The van der Waals surface area contributed by atoms with E-state index in [1.54, 1.807) is 0 Å². The second-order valence-corrected chi connectivity index (χ2v) is 8.55. The van der Waals surface area contributed by atoms with E-state index in [1.165, 1.54) is 70.6 Å². The van der Waals surface area contributed by atoms with Gasteiger partial charge in [-0.1, -0.05) is 89.3 Å². The monoisotopic (exact) mass is 401 g/mol. The van der Waals surface area contributed by atoms with Crippen LogP contribution in [0.1, 0.15) is 104 Å². The first-order valence-corrected chi connectivity index (χ1v) is 12.3. The molecule has 2 atom stereocenters. The van der Waals surface area contributed by atoms with E-state index in [9.17, 15) is 4.79 Å². The number of carbonyl (C=O) groups excluding carboxylic acids is 1. The third kappa shape index (κ3) is 9.80. The van der Waals surface area contributed by atoms with Crippen molar-refractivity contribution in [3.63, 3.8) is 0 Å². The van der Waals surface area contributed by atoms with Gasteiger partial charge in [0.05, 0.1) is 12.2 Å². The number of benzene rings is 1. The fourth-order valence-electron chi connectivity index (χ4n) is 4.21. The second-order valence-electron chi connectivity index (χ2n) is 8.55. The fourth-order valence-corrected chi connectivity index (χ4v) is 4.21. The van der Waals surface area contributed by atoms with Crippen LogP contribution >= 0.6 is 0 Å². The van der Waals surface area contributed by atoms with Crippen LogP contribution in [-0.2, 0) is 9.53 Å². The molecule has 1 heterocycles. The summed E-state index contributed by atoms with van der Waals surface area (Å²) in [5.74, 6) is 0.252. The van der Waals surface area contributed by atoms with Gasteiger partial charge in [-0.05, 0) is 38.3 Å². The SMILES string of the molecule is CCCCCCCCC1OC1CCCCCCCC(=O)N(CC)c1ccccc1. The molecular formula is C26H43NO2. The summed E-state index contributed by atoms with van der Waals surface area (Å²) in [5.41, 5.74) is 1.01. The standard InChI is InChI=1S/C26H43NO2/c1-3-5-6-7-9-15-20-24-25(29-24)21-16-10-8-11-17-22-26(28)27(4-2)23-18-13-12-14-19-23/h12-14,18-19,24-25H,3-11,15-17,20-22H2,1-2H3. The topological polar surface area (TPSA) is 32.8 Å². The lowest BCUT2D eigenvalue weighted by Gasteiger charge is -2.21. The van der Waals surface area contributed by atoms with Gasteiger partial charge < -0.3 is 9.64 Å². The van der Waals surface area contributed by atoms with Crippen LogP contribution in [0.5, 0.6) is 0 Å². The molecule has 1 aromatic rings. The van der Waals surface area contributed by atoms with Crippen molar-refractivity contribution in [2.45, 2.75) is 116 Å². The molecule has 0 bridgehead atoms. The van der Waals surface area contributed by atoms with Gasteiger partial charge >= 0.3 is 0 Å². The summed E-state index contributed by atoms with van der Waals surface area (Å²) >= 11 is 0. The molecule has 2 unspecified atom stereocenters. The summed E-state index contributed by atoms with van der Waals surface area (Å²) < 4.78 is 5.83. The van der Waals surface area contributed by atoms with Crippen molar-refractivity contribution in [3.05, 3.63) is 30.3 Å². The van der Waals surface area contributed by atoms with Gasteiger partial charge in [-0.15, -0.1) is 0 Å². The highest BCUT2D eigenvalue weighted by atomic mass is 16.6. The van der Waals surface area contributed by atoms with Crippen LogP contribution in [0, 0.1) is 0 Å². The number of hydrogen-bond donors (Lipinski definition) is 0. The highest BCUT2D eigenvalue weighted by Gasteiger charge is 2.36. The third-order valence-electron chi connectivity index (χ3n) is 6.09. The summed E-state index contributed by atoms with van der Waals surface area (Å²) in [6.07, 6.45) is 18.5. The predicted molar refractivity (Wildman–Crippen MR) is 123 cm³/mol. The molecule has 29 heavy (non-hydrogen) atoms. The molecule has 1 aliphatic heterocycles. The summed E-state index contributed by atoms with van der Waals surface area (Å²) in [6.45, 7) is 5.06. The van der Waals surface area contributed by atoms with Gasteiger partial charge in [0.15, 0.2) is 0 Å². The number of unbranched alkanes of at least 4 members (excludes halogenated alkanes) is 9. The van der Waals surface area contributed by atoms with Crippen molar-refractivity contribution in [2.75, 3.05) is 11.4 Å². The first-order valence-electron chi connectivity index (χ1n) is 12.3. The van der Waals surface area contributed by atoms with E-state index in [2.05, 4.69) is 6.92 Å². The van der Waals surface area contributed by atoms with Crippen LogP contribution in [-0.4, -0.2) is 24.7 Å². The smallest absolute Gasteiger partial charge is 0.226 e. The number of carbonyl (C=O) groups is 1. The van der Waals surface area contributed by atoms with Crippen molar-refractivity contribution in [1.82, 2.24) is 0 Å². The normalized spacial score (nSPS) is 18.0. The number of amides is 1. The van der Waals surface area contributed by atoms with Crippen molar-refractivity contribution in [3.8, 4) is 0 Å².